The molecule has 2 nitrogen and oxygen atoms in total. The Morgan fingerprint density at radius 1 is 1.27 bits per heavy atom. The summed E-state index contributed by atoms with van der Waals surface area (Å²) in [6.07, 6.45) is -0.0692. The zero-order valence-corrected chi connectivity index (χ0v) is 8.23. The van der Waals surface area contributed by atoms with Crippen molar-refractivity contribution in [3.63, 3.8) is 0 Å². The Morgan fingerprint density at radius 2 is 1.80 bits per heavy atom. The number of aliphatic hydroxyl groups excluding tert-OH is 1. The van der Waals surface area contributed by atoms with Crippen molar-refractivity contribution in [2.45, 2.75) is 19.4 Å². The van der Waals surface area contributed by atoms with Gasteiger partial charge in [-0.1, -0.05) is 6.92 Å². The molecule has 0 aliphatic rings. The third kappa shape index (κ3) is 3.13. The van der Waals surface area contributed by atoms with Crippen molar-refractivity contribution in [3.8, 4) is 0 Å². The molecule has 0 saturated heterocycles. The van der Waals surface area contributed by atoms with Crippen molar-refractivity contribution in [2.75, 3.05) is 11.9 Å². The molecule has 0 spiro atoms. The third-order valence-electron chi connectivity index (χ3n) is 2.00. The van der Waals surface area contributed by atoms with Crippen LogP contribution in [-0.4, -0.2) is 17.8 Å². The first-order valence-electron chi connectivity index (χ1n) is 4.61. The second kappa shape index (κ2) is 5.02. The molecule has 1 unspecified atom stereocenters. The summed E-state index contributed by atoms with van der Waals surface area (Å²) in [7, 11) is 0. The second-order valence-corrected chi connectivity index (χ2v) is 3.20. The van der Waals surface area contributed by atoms with Crippen LogP contribution in [0.2, 0.25) is 0 Å². The lowest BCUT2D eigenvalue weighted by atomic mass is 10.2. The highest BCUT2D eigenvalue weighted by Crippen LogP contribution is 2.17. The van der Waals surface area contributed by atoms with E-state index in [1.54, 1.807) is 6.92 Å². The molecule has 1 aromatic carbocycles. The molecule has 1 atom stereocenters. The van der Waals surface area contributed by atoms with Crippen molar-refractivity contribution < 1.29 is 18.3 Å². The fourth-order valence-electron chi connectivity index (χ4n) is 1.04. The van der Waals surface area contributed by atoms with Crippen molar-refractivity contribution in [3.05, 3.63) is 29.6 Å². The lowest BCUT2D eigenvalue weighted by Crippen LogP contribution is -2.18. The molecular formula is C10H12F3NO. The van der Waals surface area contributed by atoms with Gasteiger partial charge in [0.2, 0.25) is 0 Å². The summed E-state index contributed by atoms with van der Waals surface area (Å²) in [5.74, 6) is -3.98. The Bertz CT molecular complexity index is 320. The predicted octanol–water partition coefficient (Wildman–Crippen LogP) is 2.29. The quantitative estimate of drug-likeness (QED) is 0.761. The average molecular weight is 219 g/mol. The smallest absolute Gasteiger partial charge is 0.194 e. The molecule has 84 valence electrons. The summed E-state index contributed by atoms with van der Waals surface area (Å²) in [6, 6.07) is 1.70. The van der Waals surface area contributed by atoms with E-state index in [0.29, 0.717) is 6.42 Å². The topological polar surface area (TPSA) is 32.3 Å². The number of benzene rings is 1. The predicted molar refractivity (Wildman–Crippen MR) is 51.1 cm³/mol. The molecule has 0 saturated carbocycles. The minimum absolute atomic E-state index is 0.110. The van der Waals surface area contributed by atoms with Crippen LogP contribution in [0, 0.1) is 17.5 Å². The zero-order valence-electron chi connectivity index (χ0n) is 8.23. The van der Waals surface area contributed by atoms with Crippen LogP contribution in [0.25, 0.3) is 0 Å². The van der Waals surface area contributed by atoms with Crippen LogP contribution in [-0.2, 0) is 0 Å². The standard InChI is InChI=1S/C10H12F3NO/c1-2-7(15)5-14-6-3-8(11)10(13)9(12)4-6/h3-4,7,14-15H,2,5H2,1H3. The lowest BCUT2D eigenvalue weighted by molar-refractivity contribution is 0.183. The maximum Gasteiger partial charge on any atom is 0.194 e. The van der Waals surface area contributed by atoms with Crippen LogP contribution >= 0.6 is 0 Å². The van der Waals surface area contributed by atoms with Gasteiger partial charge in [-0.15, -0.1) is 0 Å². The van der Waals surface area contributed by atoms with Crippen LogP contribution < -0.4 is 5.32 Å². The highest BCUT2D eigenvalue weighted by molar-refractivity contribution is 5.44. The van der Waals surface area contributed by atoms with E-state index in [0.717, 1.165) is 12.1 Å². The SMILES string of the molecule is CCC(O)CNc1cc(F)c(F)c(F)c1. The Morgan fingerprint density at radius 3 is 2.27 bits per heavy atom. The molecule has 1 aromatic rings. The van der Waals surface area contributed by atoms with Crippen LogP contribution in [0.3, 0.4) is 0 Å². The van der Waals surface area contributed by atoms with E-state index in [-0.39, 0.29) is 12.2 Å². The van der Waals surface area contributed by atoms with E-state index in [4.69, 9.17) is 0 Å². The van der Waals surface area contributed by atoms with Crippen molar-refractivity contribution in [1.29, 1.82) is 0 Å². The summed E-state index contributed by atoms with van der Waals surface area (Å²) in [6.45, 7) is 1.94. The van der Waals surface area contributed by atoms with Gasteiger partial charge in [0, 0.05) is 24.4 Å². The van der Waals surface area contributed by atoms with E-state index < -0.39 is 23.6 Å². The first-order chi connectivity index (χ1) is 7.04. The molecule has 5 heteroatoms. The summed E-state index contributed by atoms with van der Waals surface area (Å²) in [5.41, 5.74) is 0.110. The van der Waals surface area contributed by atoms with Gasteiger partial charge in [-0.05, 0) is 6.42 Å². The van der Waals surface area contributed by atoms with Gasteiger partial charge in [0.15, 0.2) is 17.5 Å². The molecule has 0 fully saturated rings. The lowest BCUT2D eigenvalue weighted by Gasteiger charge is -2.10. The molecule has 0 bridgehead atoms. The summed E-state index contributed by atoms with van der Waals surface area (Å²) < 4.78 is 38.0. The first-order valence-corrected chi connectivity index (χ1v) is 4.61. The average Bonchev–Trinajstić information content (AvgIpc) is 2.22. The van der Waals surface area contributed by atoms with E-state index in [2.05, 4.69) is 5.32 Å². The molecule has 0 heterocycles. The van der Waals surface area contributed by atoms with Crippen molar-refractivity contribution in [1.82, 2.24) is 0 Å². The number of anilines is 1. The number of hydrogen-bond acceptors (Lipinski definition) is 2. The third-order valence-corrected chi connectivity index (χ3v) is 2.00. The van der Waals surface area contributed by atoms with Gasteiger partial charge in [0.05, 0.1) is 6.10 Å². The van der Waals surface area contributed by atoms with Gasteiger partial charge in [0.25, 0.3) is 0 Å². The molecule has 0 aliphatic heterocycles. The van der Waals surface area contributed by atoms with Crippen LogP contribution in [0.1, 0.15) is 13.3 Å². The van der Waals surface area contributed by atoms with E-state index in [1.165, 1.54) is 0 Å². The fraction of sp³-hybridized carbons (Fsp3) is 0.400. The number of rotatable bonds is 4. The largest absolute Gasteiger partial charge is 0.391 e. The molecular weight excluding hydrogens is 207 g/mol. The zero-order chi connectivity index (χ0) is 11.4. The number of halogens is 3. The second-order valence-electron chi connectivity index (χ2n) is 3.20. The molecule has 0 aliphatic carbocycles. The maximum atomic E-state index is 12.7. The summed E-state index contributed by atoms with van der Waals surface area (Å²) in [5, 5.41) is 11.8. The van der Waals surface area contributed by atoms with Gasteiger partial charge < -0.3 is 10.4 Å². The fourth-order valence-corrected chi connectivity index (χ4v) is 1.04. The van der Waals surface area contributed by atoms with Crippen LogP contribution in [0.5, 0.6) is 0 Å². The van der Waals surface area contributed by atoms with Gasteiger partial charge in [-0.25, -0.2) is 13.2 Å². The van der Waals surface area contributed by atoms with Crippen LogP contribution in [0.4, 0.5) is 18.9 Å². The number of hydrogen-bond donors (Lipinski definition) is 2. The molecule has 2 N–H and O–H groups in total. The van der Waals surface area contributed by atoms with E-state index >= 15 is 0 Å². The molecule has 15 heavy (non-hydrogen) atoms. The summed E-state index contributed by atoms with van der Waals surface area (Å²) in [4.78, 5) is 0. The monoisotopic (exact) mass is 219 g/mol. The first kappa shape index (κ1) is 11.8. The Labute approximate surface area is 85.7 Å². The van der Waals surface area contributed by atoms with Gasteiger partial charge in [-0.3, -0.25) is 0 Å². The van der Waals surface area contributed by atoms with Gasteiger partial charge in [0.1, 0.15) is 0 Å². The molecule has 1 rings (SSSR count). The molecule has 0 aromatic heterocycles. The van der Waals surface area contributed by atoms with Gasteiger partial charge in [-0.2, -0.15) is 0 Å². The highest BCUT2D eigenvalue weighted by atomic mass is 19.2. The van der Waals surface area contributed by atoms with Crippen LogP contribution in [0.15, 0.2) is 12.1 Å². The number of nitrogens with one attached hydrogen (secondary N) is 1. The normalized spacial score (nSPS) is 12.6. The molecule has 0 amide bonds. The highest BCUT2D eigenvalue weighted by Gasteiger charge is 2.10. The van der Waals surface area contributed by atoms with E-state index in [9.17, 15) is 18.3 Å². The number of aliphatic hydroxyl groups is 1. The van der Waals surface area contributed by atoms with E-state index in [1.807, 2.05) is 0 Å². The minimum Gasteiger partial charge on any atom is -0.391 e. The van der Waals surface area contributed by atoms with Crippen molar-refractivity contribution >= 4 is 5.69 Å². The molecule has 0 radical (unpaired) electrons. The Kier molecular flexibility index (Phi) is 3.96. The van der Waals surface area contributed by atoms with Gasteiger partial charge >= 0.3 is 0 Å². The Hall–Kier alpha value is -1.23. The summed E-state index contributed by atoms with van der Waals surface area (Å²) >= 11 is 0. The van der Waals surface area contributed by atoms with Crippen molar-refractivity contribution in [2.24, 2.45) is 0 Å². The minimum atomic E-state index is -1.49. The maximum absolute atomic E-state index is 12.7. The Balaban J connectivity index is 2.70.